The van der Waals surface area contributed by atoms with Crippen LogP contribution in [0.3, 0.4) is 0 Å². The van der Waals surface area contributed by atoms with Gasteiger partial charge >= 0.3 is 0 Å². The van der Waals surface area contributed by atoms with Crippen molar-refractivity contribution in [1.29, 1.82) is 0 Å². The molecule has 0 aliphatic rings. The Morgan fingerprint density at radius 3 is 2.56 bits per heavy atom. The molecule has 0 fully saturated rings. The summed E-state index contributed by atoms with van der Waals surface area (Å²) < 4.78 is 2.05. The molecule has 0 saturated heterocycles. The molecule has 2 aromatic rings. The van der Waals surface area contributed by atoms with Gasteiger partial charge in [0.15, 0.2) is 0 Å². The monoisotopic (exact) mass is 215 g/mol. The summed E-state index contributed by atoms with van der Waals surface area (Å²) in [5, 5.41) is 4.35. The van der Waals surface area contributed by atoms with Gasteiger partial charge in [0, 0.05) is 12.7 Å². The van der Waals surface area contributed by atoms with E-state index in [9.17, 15) is 0 Å². The molecule has 1 aromatic heterocycles. The van der Waals surface area contributed by atoms with E-state index in [2.05, 4.69) is 59.1 Å². The van der Waals surface area contributed by atoms with Crippen molar-refractivity contribution in [2.24, 2.45) is 0 Å². The van der Waals surface area contributed by atoms with Gasteiger partial charge in [-0.2, -0.15) is 5.10 Å². The maximum Gasteiger partial charge on any atom is 0.0682 e. The molecule has 0 radical (unpaired) electrons. The van der Waals surface area contributed by atoms with Crippen molar-refractivity contribution in [1.82, 2.24) is 14.7 Å². The molecule has 0 aliphatic heterocycles. The van der Waals surface area contributed by atoms with E-state index in [1.165, 1.54) is 11.3 Å². The topological polar surface area (TPSA) is 21.1 Å². The lowest BCUT2D eigenvalue weighted by atomic mass is 10.1. The average molecular weight is 215 g/mol. The standard InChI is InChI=1S/C13H17N3/c1-15(2)10-11-16-13(8-9-14-16)12-6-4-3-5-7-12/h3-9H,10-11H2,1-2H3. The first-order valence-electron chi connectivity index (χ1n) is 5.49. The van der Waals surface area contributed by atoms with Gasteiger partial charge in [0.1, 0.15) is 0 Å². The largest absolute Gasteiger partial charge is 0.308 e. The minimum Gasteiger partial charge on any atom is -0.308 e. The Balaban J connectivity index is 2.19. The van der Waals surface area contributed by atoms with Crippen molar-refractivity contribution in [2.75, 3.05) is 20.6 Å². The molecule has 3 heteroatoms. The van der Waals surface area contributed by atoms with Crippen molar-refractivity contribution in [3.05, 3.63) is 42.6 Å². The molecule has 0 aliphatic carbocycles. The number of hydrogen-bond acceptors (Lipinski definition) is 2. The second-order valence-corrected chi connectivity index (χ2v) is 4.11. The zero-order chi connectivity index (χ0) is 11.4. The highest BCUT2D eigenvalue weighted by Crippen LogP contribution is 2.17. The third-order valence-corrected chi connectivity index (χ3v) is 2.55. The Bertz CT molecular complexity index is 431. The summed E-state index contributed by atoms with van der Waals surface area (Å²) in [6, 6.07) is 12.4. The lowest BCUT2D eigenvalue weighted by Gasteiger charge is -2.11. The van der Waals surface area contributed by atoms with Gasteiger partial charge in [-0.1, -0.05) is 30.3 Å². The van der Waals surface area contributed by atoms with Crippen LogP contribution in [0.15, 0.2) is 42.6 Å². The smallest absolute Gasteiger partial charge is 0.0682 e. The maximum absolute atomic E-state index is 4.35. The Morgan fingerprint density at radius 2 is 1.88 bits per heavy atom. The van der Waals surface area contributed by atoms with Gasteiger partial charge in [-0.05, 0) is 25.7 Å². The lowest BCUT2D eigenvalue weighted by Crippen LogP contribution is -2.19. The normalized spacial score (nSPS) is 10.9. The van der Waals surface area contributed by atoms with Crippen LogP contribution in [0.25, 0.3) is 11.3 Å². The zero-order valence-electron chi connectivity index (χ0n) is 9.80. The van der Waals surface area contributed by atoms with Gasteiger partial charge in [-0.25, -0.2) is 0 Å². The molecule has 0 unspecified atom stereocenters. The highest BCUT2D eigenvalue weighted by molar-refractivity contribution is 5.58. The molecule has 0 spiro atoms. The van der Waals surface area contributed by atoms with Crippen LogP contribution in [0.4, 0.5) is 0 Å². The van der Waals surface area contributed by atoms with Gasteiger partial charge in [-0.3, -0.25) is 4.68 Å². The fraction of sp³-hybridized carbons (Fsp3) is 0.308. The summed E-state index contributed by atoms with van der Waals surface area (Å²) >= 11 is 0. The number of aromatic nitrogens is 2. The first-order valence-corrected chi connectivity index (χ1v) is 5.49. The summed E-state index contributed by atoms with van der Waals surface area (Å²) in [4.78, 5) is 2.16. The Hall–Kier alpha value is -1.61. The van der Waals surface area contributed by atoms with Crippen LogP contribution in [0, 0.1) is 0 Å². The Morgan fingerprint density at radius 1 is 1.12 bits per heavy atom. The number of hydrogen-bond donors (Lipinski definition) is 0. The van der Waals surface area contributed by atoms with Crippen LogP contribution >= 0.6 is 0 Å². The van der Waals surface area contributed by atoms with Crippen molar-refractivity contribution in [3.8, 4) is 11.3 Å². The minimum atomic E-state index is 0.921. The van der Waals surface area contributed by atoms with E-state index in [1.54, 1.807) is 0 Å². The number of likely N-dealkylation sites (N-methyl/N-ethyl adjacent to an activating group) is 1. The molecule has 16 heavy (non-hydrogen) atoms. The molecule has 1 aromatic carbocycles. The third kappa shape index (κ3) is 2.49. The second kappa shape index (κ2) is 4.94. The fourth-order valence-electron chi connectivity index (χ4n) is 1.66. The van der Waals surface area contributed by atoms with Gasteiger partial charge in [-0.15, -0.1) is 0 Å². The fourth-order valence-corrected chi connectivity index (χ4v) is 1.66. The summed E-state index contributed by atoms with van der Waals surface area (Å²) in [5.74, 6) is 0. The minimum absolute atomic E-state index is 0.921. The van der Waals surface area contributed by atoms with E-state index < -0.39 is 0 Å². The molecule has 0 amide bonds. The lowest BCUT2D eigenvalue weighted by molar-refractivity contribution is 0.374. The van der Waals surface area contributed by atoms with Crippen LogP contribution in [0.5, 0.6) is 0 Å². The maximum atomic E-state index is 4.35. The number of benzene rings is 1. The van der Waals surface area contributed by atoms with E-state index in [4.69, 9.17) is 0 Å². The van der Waals surface area contributed by atoms with Gasteiger partial charge in [0.05, 0.1) is 12.2 Å². The summed E-state index contributed by atoms with van der Waals surface area (Å²) in [6.07, 6.45) is 1.86. The first kappa shape index (κ1) is 10.9. The molecule has 0 bridgehead atoms. The third-order valence-electron chi connectivity index (χ3n) is 2.55. The van der Waals surface area contributed by atoms with Gasteiger partial charge < -0.3 is 4.90 Å². The van der Waals surface area contributed by atoms with Crippen LogP contribution < -0.4 is 0 Å². The predicted octanol–water partition coefficient (Wildman–Crippen LogP) is 2.11. The van der Waals surface area contributed by atoms with E-state index >= 15 is 0 Å². The molecule has 3 nitrogen and oxygen atoms in total. The van der Waals surface area contributed by atoms with Crippen molar-refractivity contribution in [2.45, 2.75) is 6.54 Å². The van der Waals surface area contributed by atoms with Gasteiger partial charge in [0.2, 0.25) is 0 Å². The SMILES string of the molecule is CN(C)CCn1nccc1-c1ccccc1. The number of nitrogens with zero attached hydrogens (tertiary/aromatic N) is 3. The Labute approximate surface area is 96.3 Å². The molecule has 0 atom stereocenters. The zero-order valence-corrected chi connectivity index (χ0v) is 9.80. The van der Waals surface area contributed by atoms with E-state index in [1.807, 2.05) is 12.3 Å². The van der Waals surface area contributed by atoms with Crippen LogP contribution in [-0.4, -0.2) is 35.3 Å². The van der Waals surface area contributed by atoms with Crippen LogP contribution in [0.2, 0.25) is 0 Å². The summed E-state index contributed by atoms with van der Waals surface area (Å²) in [6.45, 7) is 1.92. The van der Waals surface area contributed by atoms with E-state index in [0.717, 1.165) is 13.1 Å². The predicted molar refractivity (Wildman–Crippen MR) is 66.2 cm³/mol. The Kier molecular flexibility index (Phi) is 3.37. The second-order valence-electron chi connectivity index (χ2n) is 4.11. The van der Waals surface area contributed by atoms with E-state index in [-0.39, 0.29) is 0 Å². The molecule has 84 valence electrons. The molecular formula is C13H17N3. The highest BCUT2D eigenvalue weighted by atomic mass is 15.3. The highest BCUT2D eigenvalue weighted by Gasteiger charge is 2.04. The molecule has 0 N–H and O–H groups in total. The van der Waals surface area contributed by atoms with Crippen molar-refractivity contribution in [3.63, 3.8) is 0 Å². The molecule has 1 heterocycles. The average Bonchev–Trinajstić information content (AvgIpc) is 2.75. The van der Waals surface area contributed by atoms with Crippen LogP contribution in [-0.2, 0) is 6.54 Å². The number of rotatable bonds is 4. The van der Waals surface area contributed by atoms with E-state index in [0.29, 0.717) is 0 Å². The molecular weight excluding hydrogens is 198 g/mol. The van der Waals surface area contributed by atoms with Crippen molar-refractivity contribution >= 4 is 0 Å². The van der Waals surface area contributed by atoms with Crippen molar-refractivity contribution < 1.29 is 0 Å². The van der Waals surface area contributed by atoms with Gasteiger partial charge in [0.25, 0.3) is 0 Å². The molecule has 0 saturated carbocycles. The summed E-state index contributed by atoms with van der Waals surface area (Å²) in [5.41, 5.74) is 2.40. The first-order chi connectivity index (χ1) is 7.77. The summed E-state index contributed by atoms with van der Waals surface area (Å²) in [7, 11) is 4.15. The molecule has 2 rings (SSSR count). The van der Waals surface area contributed by atoms with Crippen LogP contribution in [0.1, 0.15) is 0 Å². The quantitative estimate of drug-likeness (QED) is 0.779.